The quantitative estimate of drug-likeness (QED) is 0.510. The SMILES string of the molecule is O=C(O)CCc1ccc(CC(=O)N2CCN(C(=O)c3cccc(OCCC4CCCCC4)c3)CC2)cc1. The number of benzene rings is 2. The van der Waals surface area contributed by atoms with Crippen LogP contribution in [0.3, 0.4) is 0 Å². The van der Waals surface area contributed by atoms with Gasteiger partial charge in [0.1, 0.15) is 5.75 Å². The van der Waals surface area contributed by atoms with Gasteiger partial charge in [0.2, 0.25) is 5.91 Å². The molecule has 1 saturated carbocycles. The van der Waals surface area contributed by atoms with Crippen molar-refractivity contribution in [3.05, 3.63) is 65.2 Å². The van der Waals surface area contributed by atoms with Gasteiger partial charge in [-0.15, -0.1) is 0 Å². The highest BCUT2D eigenvalue weighted by Crippen LogP contribution is 2.26. The summed E-state index contributed by atoms with van der Waals surface area (Å²) >= 11 is 0. The van der Waals surface area contributed by atoms with Gasteiger partial charge in [-0.05, 0) is 48.1 Å². The van der Waals surface area contributed by atoms with Gasteiger partial charge >= 0.3 is 5.97 Å². The van der Waals surface area contributed by atoms with Crippen LogP contribution < -0.4 is 4.74 Å². The number of nitrogens with zero attached hydrogens (tertiary/aromatic N) is 2. The second kappa shape index (κ2) is 13.3. The van der Waals surface area contributed by atoms with Gasteiger partial charge in [0.25, 0.3) is 5.91 Å². The Morgan fingerprint density at radius 3 is 2.24 bits per heavy atom. The lowest BCUT2D eigenvalue weighted by Gasteiger charge is -2.35. The van der Waals surface area contributed by atoms with Gasteiger partial charge in [0, 0.05) is 38.2 Å². The van der Waals surface area contributed by atoms with Gasteiger partial charge in [-0.3, -0.25) is 14.4 Å². The van der Waals surface area contributed by atoms with Crippen LogP contribution in [-0.4, -0.2) is 65.5 Å². The predicted octanol–water partition coefficient (Wildman–Crippen LogP) is 4.58. The zero-order chi connectivity index (χ0) is 26.0. The van der Waals surface area contributed by atoms with Crippen molar-refractivity contribution in [3.63, 3.8) is 0 Å². The molecule has 1 aliphatic heterocycles. The third-order valence-corrected chi connectivity index (χ3v) is 7.53. The summed E-state index contributed by atoms with van der Waals surface area (Å²) in [4.78, 5) is 40.2. The van der Waals surface area contributed by atoms with Crippen molar-refractivity contribution in [2.75, 3.05) is 32.8 Å². The lowest BCUT2D eigenvalue weighted by molar-refractivity contribution is -0.137. The number of aliphatic carboxylic acids is 1. The number of amides is 2. The molecule has 0 unspecified atom stereocenters. The highest BCUT2D eigenvalue weighted by Gasteiger charge is 2.25. The molecule has 4 rings (SSSR count). The maximum Gasteiger partial charge on any atom is 0.303 e. The highest BCUT2D eigenvalue weighted by atomic mass is 16.5. The average Bonchev–Trinajstić information content (AvgIpc) is 2.93. The van der Waals surface area contributed by atoms with Crippen LogP contribution in [-0.2, 0) is 22.4 Å². The van der Waals surface area contributed by atoms with Crippen molar-refractivity contribution < 1.29 is 24.2 Å². The molecule has 0 radical (unpaired) electrons. The van der Waals surface area contributed by atoms with Crippen molar-refractivity contribution in [2.24, 2.45) is 5.92 Å². The van der Waals surface area contributed by atoms with Crippen LogP contribution in [0, 0.1) is 5.92 Å². The first-order valence-corrected chi connectivity index (χ1v) is 13.6. The van der Waals surface area contributed by atoms with E-state index in [1.54, 1.807) is 0 Å². The number of aryl methyl sites for hydroxylation is 1. The zero-order valence-corrected chi connectivity index (χ0v) is 21.6. The third-order valence-electron chi connectivity index (χ3n) is 7.53. The molecule has 1 N–H and O–H groups in total. The van der Waals surface area contributed by atoms with E-state index in [1.165, 1.54) is 32.1 Å². The van der Waals surface area contributed by atoms with E-state index < -0.39 is 5.97 Å². The number of ether oxygens (including phenoxy) is 1. The molecular formula is C30H38N2O5. The third kappa shape index (κ3) is 8.07. The Balaban J connectivity index is 1.21. The number of carboxylic acid groups (broad SMARTS) is 1. The minimum Gasteiger partial charge on any atom is -0.494 e. The highest BCUT2D eigenvalue weighted by molar-refractivity contribution is 5.94. The van der Waals surface area contributed by atoms with Crippen molar-refractivity contribution in [3.8, 4) is 5.75 Å². The van der Waals surface area contributed by atoms with Crippen LogP contribution in [0.5, 0.6) is 5.75 Å². The first kappa shape index (κ1) is 26.7. The number of carbonyl (C=O) groups excluding carboxylic acids is 2. The topological polar surface area (TPSA) is 87.2 Å². The van der Waals surface area contributed by atoms with E-state index in [0.29, 0.717) is 51.2 Å². The molecule has 2 fully saturated rings. The summed E-state index contributed by atoms with van der Waals surface area (Å²) < 4.78 is 5.97. The lowest BCUT2D eigenvalue weighted by atomic mass is 9.87. The van der Waals surface area contributed by atoms with E-state index >= 15 is 0 Å². The molecule has 198 valence electrons. The number of hydrogen-bond acceptors (Lipinski definition) is 4. The number of hydrogen-bond donors (Lipinski definition) is 1. The molecule has 1 saturated heterocycles. The maximum absolute atomic E-state index is 13.1. The Morgan fingerprint density at radius 2 is 1.54 bits per heavy atom. The predicted molar refractivity (Wildman–Crippen MR) is 142 cm³/mol. The molecule has 1 heterocycles. The molecule has 2 aromatic rings. The Hall–Kier alpha value is -3.35. The second-order valence-corrected chi connectivity index (χ2v) is 10.2. The molecule has 37 heavy (non-hydrogen) atoms. The molecule has 2 aromatic carbocycles. The largest absolute Gasteiger partial charge is 0.494 e. The van der Waals surface area contributed by atoms with Gasteiger partial charge < -0.3 is 19.6 Å². The molecule has 0 bridgehead atoms. The van der Waals surface area contributed by atoms with Crippen LogP contribution in [0.15, 0.2) is 48.5 Å². The minimum atomic E-state index is -0.817. The van der Waals surface area contributed by atoms with Crippen LogP contribution >= 0.6 is 0 Å². The molecule has 2 aliphatic rings. The average molecular weight is 507 g/mol. The standard InChI is InChI=1S/C30H38N2O5/c33-28(21-25-11-9-24(10-12-25)13-14-29(34)35)31-16-18-32(19-17-31)30(36)26-7-4-8-27(22-26)37-20-15-23-5-2-1-3-6-23/h4,7-12,22-23H,1-3,5-6,13-21H2,(H,34,35). The number of rotatable bonds is 10. The van der Waals surface area contributed by atoms with E-state index in [2.05, 4.69) is 0 Å². The summed E-state index contributed by atoms with van der Waals surface area (Å²) in [6, 6.07) is 15.0. The maximum atomic E-state index is 13.1. The number of piperazine rings is 1. The fraction of sp³-hybridized carbons (Fsp3) is 0.500. The van der Waals surface area contributed by atoms with Crippen LogP contribution in [0.25, 0.3) is 0 Å². The first-order valence-electron chi connectivity index (χ1n) is 13.6. The molecule has 1 aliphatic carbocycles. The number of carbonyl (C=O) groups is 3. The minimum absolute atomic E-state index is 0.0261. The number of carboxylic acids is 1. The van der Waals surface area contributed by atoms with E-state index in [-0.39, 0.29) is 18.2 Å². The molecule has 0 aromatic heterocycles. The molecular weight excluding hydrogens is 468 g/mol. The zero-order valence-electron chi connectivity index (χ0n) is 21.6. The molecule has 0 spiro atoms. The molecule has 7 heteroatoms. The van der Waals surface area contributed by atoms with Gasteiger partial charge in [-0.25, -0.2) is 0 Å². The molecule has 2 amide bonds. The smallest absolute Gasteiger partial charge is 0.303 e. The lowest BCUT2D eigenvalue weighted by Crippen LogP contribution is -2.51. The van der Waals surface area contributed by atoms with Gasteiger partial charge in [0.05, 0.1) is 13.0 Å². The normalized spacial score (nSPS) is 16.4. The van der Waals surface area contributed by atoms with Crippen LogP contribution in [0.4, 0.5) is 0 Å². The molecule has 7 nitrogen and oxygen atoms in total. The summed E-state index contributed by atoms with van der Waals surface area (Å²) in [5.74, 6) is 0.702. The van der Waals surface area contributed by atoms with Gasteiger partial charge in [-0.2, -0.15) is 0 Å². The summed E-state index contributed by atoms with van der Waals surface area (Å²) in [7, 11) is 0. The summed E-state index contributed by atoms with van der Waals surface area (Å²) in [5, 5.41) is 8.81. The van der Waals surface area contributed by atoms with Crippen molar-refractivity contribution in [1.29, 1.82) is 0 Å². The second-order valence-electron chi connectivity index (χ2n) is 10.2. The van der Waals surface area contributed by atoms with Gasteiger partial charge in [-0.1, -0.05) is 62.4 Å². The van der Waals surface area contributed by atoms with Crippen molar-refractivity contribution in [1.82, 2.24) is 9.80 Å². The summed E-state index contributed by atoms with van der Waals surface area (Å²) in [6.45, 7) is 2.72. The summed E-state index contributed by atoms with van der Waals surface area (Å²) in [5.41, 5.74) is 2.48. The van der Waals surface area contributed by atoms with Crippen molar-refractivity contribution >= 4 is 17.8 Å². The summed E-state index contributed by atoms with van der Waals surface area (Å²) in [6.07, 6.45) is 8.57. The fourth-order valence-corrected chi connectivity index (χ4v) is 5.24. The van der Waals surface area contributed by atoms with Crippen LogP contribution in [0.1, 0.15) is 66.4 Å². The van der Waals surface area contributed by atoms with E-state index in [4.69, 9.17) is 9.84 Å². The first-order chi connectivity index (χ1) is 18.0. The Morgan fingerprint density at radius 1 is 0.865 bits per heavy atom. The molecule has 0 atom stereocenters. The van der Waals surface area contributed by atoms with Crippen LogP contribution in [0.2, 0.25) is 0 Å². The Bertz CT molecular complexity index is 1050. The van der Waals surface area contributed by atoms with E-state index in [1.807, 2.05) is 58.3 Å². The van der Waals surface area contributed by atoms with Gasteiger partial charge in [0.15, 0.2) is 0 Å². The Labute approximate surface area is 219 Å². The van der Waals surface area contributed by atoms with E-state index in [0.717, 1.165) is 29.2 Å². The van der Waals surface area contributed by atoms with Crippen molar-refractivity contribution in [2.45, 2.75) is 57.8 Å². The Kier molecular flexibility index (Phi) is 9.58. The fourth-order valence-electron chi connectivity index (χ4n) is 5.24. The van der Waals surface area contributed by atoms with E-state index in [9.17, 15) is 14.4 Å². The monoisotopic (exact) mass is 506 g/mol.